The number of hydrogen-bond donors (Lipinski definition) is 1. The first-order valence-corrected chi connectivity index (χ1v) is 4.15. The van der Waals surface area contributed by atoms with E-state index in [0.717, 1.165) is 13.1 Å². The monoisotopic (exact) mass is 145 g/mol. The normalized spacial score (nSPS) is 32.4. The maximum absolute atomic E-state index is 5.42. The molecule has 2 atom stereocenters. The van der Waals surface area contributed by atoms with E-state index in [4.69, 9.17) is 4.74 Å². The van der Waals surface area contributed by atoms with Crippen molar-refractivity contribution in [3.05, 3.63) is 0 Å². The zero-order chi connectivity index (χ0) is 7.98. The highest BCUT2D eigenvalue weighted by molar-refractivity contribution is 4.66. The number of hydrogen-bond acceptors (Lipinski definition) is 2. The fourth-order valence-electron chi connectivity index (χ4n) is 0.983. The van der Waals surface area contributed by atoms with Crippen LogP contribution in [0.2, 0.25) is 0 Å². The van der Waals surface area contributed by atoms with Crippen LogP contribution in [0, 0.1) is 0 Å². The second kappa shape index (κ2) is 5.69. The lowest BCUT2D eigenvalue weighted by atomic mass is 10.3. The van der Waals surface area contributed by atoms with E-state index in [-0.39, 0.29) is 0 Å². The molecule has 0 amide bonds. The van der Waals surface area contributed by atoms with Crippen molar-refractivity contribution in [2.45, 2.75) is 39.9 Å². The van der Waals surface area contributed by atoms with Gasteiger partial charge in [-0.05, 0) is 13.8 Å². The van der Waals surface area contributed by atoms with Crippen LogP contribution in [0.5, 0.6) is 0 Å². The molecule has 0 bridgehead atoms. The summed E-state index contributed by atoms with van der Waals surface area (Å²) < 4.78 is 5.42. The van der Waals surface area contributed by atoms with Gasteiger partial charge in [0.1, 0.15) is 0 Å². The standard InChI is InChI=1S/C6H13NO.C2H6/c1-5-3-7-4-6(2)8-5;1-2/h5-7H,3-4H2,1-2H3;1-2H3/t5-,6-;/m0./s1. The van der Waals surface area contributed by atoms with E-state index in [0.29, 0.717) is 12.2 Å². The van der Waals surface area contributed by atoms with Gasteiger partial charge in [-0.15, -0.1) is 0 Å². The van der Waals surface area contributed by atoms with E-state index in [9.17, 15) is 0 Å². The molecule has 10 heavy (non-hydrogen) atoms. The zero-order valence-corrected chi connectivity index (χ0v) is 7.48. The maximum atomic E-state index is 5.42. The van der Waals surface area contributed by atoms with E-state index in [1.54, 1.807) is 0 Å². The average Bonchev–Trinajstić information content (AvgIpc) is 1.91. The van der Waals surface area contributed by atoms with Gasteiger partial charge in [-0.3, -0.25) is 0 Å². The van der Waals surface area contributed by atoms with E-state index >= 15 is 0 Å². The van der Waals surface area contributed by atoms with Crippen molar-refractivity contribution in [3.63, 3.8) is 0 Å². The van der Waals surface area contributed by atoms with Crippen LogP contribution in [-0.2, 0) is 4.74 Å². The lowest BCUT2D eigenvalue weighted by Gasteiger charge is -2.25. The number of ether oxygens (including phenoxy) is 1. The minimum absolute atomic E-state index is 0.402. The highest BCUT2D eigenvalue weighted by Gasteiger charge is 2.12. The van der Waals surface area contributed by atoms with Gasteiger partial charge in [0.25, 0.3) is 0 Å². The molecule has 0 aromatic carbocycles. The predicted octanol–water partition coefficient (Wildman–Crippen LogP) is 1.41. The van der Waals surface area contributed by atoms with Gasteiger partial charge in [-0.25, -0.2) is 0 Å². The van der Waals surface area contributed by atoms with Crippen LogP contribution in [0.3, 0.4) is 0 Å². The molecule has 2 heteroatoms. The minimum atomic E-state index is 0.402. The van der Waals surface area contributed by atoms with E-state index in [1.165, 1.54) is 0 Å². The lowest BCUT2D eigenvalue weighted by molar-refractivity contribution is -0.0166. The molecule has 0 aromatic heterocycles. The Labute approximate surface area is 64.0 Å². The van der Waals surface area contributed by atoms with Crippen LogP contribution in [0.4, 0.5) is 0 Å². The number of nitrogens with one attached hydrogen (secondary N) is 1. The van der Waals surface area contributed by atoms with Crippen LogP contribution < -0.4 is 5.32 Å². The molecule has 0 saturated carbocycles. The summed E-state index contributed by atoms with van der Waals surface area (Å²) in [6, 6.07) is 0. The highest BCUT2D eigenvalue weighted by Crippen LogP contribution is 2.00. The molecule has 1 aliphatic heterocycles. The molecule has 1 heterocycles. The van der Waals surface area contributed by atoms with E-state index < -0.39 is 0 Å². The topological polar surface area (TPSA) is 21.3 Å². The Hall–Kier alpha value is -0.0800. The van der Waals surface area contributed by atoms with Crippen LogP contribution in [0.15, 0.2) is 0 Å². The third-order valence-electron chi connectivity index (χ3n) is 1.33. The number of rotatable bonds is 0. The van der Waals surface area contributed by atoms with Gasteiger partial charge < -0.3 is 10.1 Å². The van der Waals surface area contributed by atoms with Crippen LogP contribution in [0.1, 0.15) is 27.7 Å². The van der Waals surface area contributed by atoms with Crippen LogP contribution >= 0.6 is 0 Å². The molecule has 1 fully saturated rings. The first-order valence-electron chi connectivity index (χ1n) is 4.15. The van der Waals surface area contributed by atoms with Crippen molar-refractivity contribution in [2.24, 2.45) is 0 Å². The summed E-state index contributed by atoms with van der Waals surface area (Å²) in [7, 11) is 0. The lowest BCUT2D eigenvalue weighted by Crippen LogP contribution is -2.41. The quantitative estimate of drug-likeness (QED) is 0.556. The average molecular weight is 145 g/mol. The van der Waals surface area contributed by atoms with Crippen molar-refractivity contribution in [1.82, 2.24) is 5.32 Å². The third-order valence-corrected chi connectivity index (χ3v) is 1.33. The Morgan fingerprint density at radius 3 is 1.70 bits per heavy atom. The molecule has 0 aromatic rings. The Morgan fingerprint density at radius 1 is 1.10 bits per heavy atom. The zero-order valence-electron chi connectivity index (χ0n) is 7.48. The van der Waals surface area contributed by atoms with Crippen molar-refractivity contribution in [1.29, 1.82) is 0 Å². The van der Waals surface area contributed by atoms with E-state index in [1.807, 2.05) is 13.8 Å². The van der Waals surface area contributed by atoms with Crippen LogP contribution in [0.25, 0.3) is 0 Å². The Bertz CT molecular complexity index is 67.7. The maximum Gasteiger partial charge on any atom is 0.0675 e. The van der Waals surface area contributed by atoms with Gasteiger partial charge in [-0.1, -0.05) is 13.8 Å². The first-order chi connectivity index (χ1) is 4.79. The van der Waals surface area contributed by atoms with Crippen LogP contribution in [-0.4, -0.2) is 25.3 Å². The summed E-state index contributed by atoms with van der Waals surface area (Å²) in [5.41, 5.74) is 0. The second-order valence-electron chi connectivity index (χ2n) is 2.42. The SMILES string of the molecule is CC.C[C@H]1CNC[C@H](C)O1. The van der Waals surface area contributed by atoms with Gasteiger partial charge in [-0.2, -0.15) is 0 Å². The molecule has 2 nitrogen and oxygen atoms in total. The molecular weight excluding hydrogens is 126 g/mol. The molecule has 1 N–H and O–H groups in total. The van der Waals surface area contributed by atoms with Gasteiger partial charge >= 0.3 is 0 Å². The summed E-state index contributed by atoms with van der Waals surface area (Å²) in [5.74, 6) is 0. The minimum Gasteiger partial charge on any atom is -0.373 e. The number of morpholine rings is 1. The molecule has 0 aliphatic carbocycles. The molecule has 1 aliphatic rings. The second-order valence-corrected chi connectivity index (χ2v) is 2.42. The summed E-state index contributed by atoms with van der Waals surface area (Å²) in [6.45, 7) is 10.2. The fourth-order valence-corrected chi connectivity index (χ4v) is 0.983. The summed E-state index contributed by atoms with van der Waals surface area (Å²) in [5, 5.41) is 3.26. The Morgan fingerprint density at radius 2 is 1.50 bits per heavy atom. The van der Waals surface area contributed by atoms with Crippen molar-refractivity contribution in [2.75, 3.05) is 13.1 Å². The van der Waals surface area contributed by atoms with Gasteiger partial charge in [0, 0.05) is 13.1 Å². The summed E-state index contributed by atoms with van der Waals surface area (Å²) in [4.78, 5) is 0. The van der Waals surface area contributed by atoms with Crippen molar-refractivity contribution < 1.29 is 4.74 Å². The first kappa shape index (κ1) is 9.92. The summed E-state index contributed by atoms with van der Waals surface area (Å²) >= 11 is 0. The smallest absolute Gasteiger partial charge is 0.0675 e. The van der Waals surface area contributed by atoms with Crippen molar-refractivity contribution >= 4 is 0 Å². The van der Waals surface area contributed by atoms with Gasteiger partial charge in [0.05, 0.1) is 12.2 Å². The largest absolute Gasteiger partial charge is 0.373 e. The molecule has 0 radical (unpaired) electrons. The van der Waals surface area contributed by atoms with Crippen molar-refractivity contribution in [3.8, 4) is 0 Å². The third kappa shape index (κ3) is 3.85. The fraction of sp³-hybridized carbons (Fsp3) is 1.00. The molecular formula is C8H19NO. The van der Waals surface area contributed by atoms with E-state index in [2.05, 4.69) is 19.2 Å². The predicted molar refractivity (Wildman–Crippen MR) is 44.2 cm³/mol. The molecule has 1 saturated heterocycles. The molecule has 62 valence electrons. The Kier molecular flexibility index (Phi) is 5.64. The Balaban J connectivity index is 0.000000371. The highest BCUT2D eigenvalue weighted by atomic mass is 16.5. The molecule has 0 unspecified atom stereocenters. The summed E-state index contributed by atoms with van der Waals surface area (Å²) in [6.07, 6.45) is 0.803. The van der Waals surface area contributed by atoms with Gasteiger partial charge in [0.2, 0.25) is 0 Å². The van der Waals surface area contributed by atoms with Gasteiger partial charge in [0.15, 0.2) is 0 Å². The molecule has 0 spiro atoms. The molecule has 1 rings (SSSR count).